The molecule has 1 N–H and O–H groups in total. The lowest BCUT2D eigenvalue weighted by molar-refractivity contribution is 0.628. The van der Waals surface area contributed by atoms with Gasteiger partial charge in [-0.25, -0.2) is 14.4 Å². The van der Waals surface area contributed by atoms with Gasteiger partial charge in [-0.1, -0.05) is 47.2 Å². The molecule has 0 fully saturated rings. The number of nitrogens with one attached hydrogen (secondary N) is 1. The summed E-state index contributed by atoms with van der Waals surface area (Å²) in [5, 5.41) is 6.31. The maximum Gasteiger partial charge on any atom is 0.213 e. The summed E-state index contributed by atoms with van der Waals surface area (Å²) in [5.74, 6) is 0.360. The van der Waals surface area contributed by atoms with E-state index in [1.54, 1.807) is 16.6 Å². The maximum absolute atomic E-state index is 13.5. The van der Waals surface area contributed by atoms with Crippen LogP contribution in [0.25, 0.3) is 49.3 Å². The molecule has 0 atom stereocenters. The Hall–Kier alpha value is -3.55. The zero-order valence-electron chi connectivity index (χ0n) is 15.9. The molecule has 5 nitrogen and oxygen atoms in total. The Labute approximate surface area is 184 Å². The summed E-state index contributed by atoms with van der Waals surface area (Å²) in [5.41, 5.74) is 4.95. The van der Waals surface area contributed by atoms with Crippen molar-refractivity contribution in [1.82, 2.24) is 24.6 Å². The zero-order chi connectivity index (χ0) is 20.9. The van der Waals surface area contributed by atoms with Crippen molar-refractivity contribution in [3.05, 3.63) is 83.6 Å². The largest absolute Gasteiger partial charge is 0.337 e. The fraction of sp³-hybridized carbons (Fsp3) is 0. The van der Waals surface area contributed by atoms with Crippen molar-refractivity contribution in [1.29, 1.82) is 0 Å². The van der Waals surface area contributed by atoms with Gasteiger partial charge in [-0.15, -0.1) is 0 Å². The van der Waals surface area contributed by atoms with E-state index in [1.807, 2.05) is 48.5 Å². The van der Waals surface area contributed by atoms with Crippen LogP contribution in [0, 0.1) is 5.82 Å². The monoisotopic (exact) mass is 445 g/mol. The van der Waals surface area contributed by atoms with E-state index in [0.29, 0.717) is 16.5 Å². The minimum Gasteiger partial charge on any atom is -0.337 e. The number of H-pyrrole nitrogens is 1. The fourth-order valence-corrected chi connectivity index (χ4v) is 4.57. The highest BCUT2D eigenvalue weighted by molar-refractivity contribution is 7.19. The third-order valence-electron chi connectivity index (χ3n) is 5.03. The Morgan fingerprint density at radius 2 is 1.61 bits per heavy atom. The highest BCUT2D eigenvalue weighted by Gasteiger charge is 2.22. The molecule has 6 aromatic rings. The average Bonchev–Trinajstić information content (AvgIpc) is 3.46. The van der Waals surface area contributed by atoms with Gasteiger partial charge >= 0.3 is 0 Å². The second-order valence-electron chi connectivity index (χ2n) is 7.03. The summed E-state index contributed by atoms with van der Waals surface area (Å²) in [6, 6.07) is 21.7. The molecule has 8 heteroatoms. The van der Waals surface area contributed by atoms with Gasteiger partial charge in [0.15, 0.2) is 5.82 Å². The number of hydrogen-bond donors (Lipinski definition) is 1. The summed E-state index contributed by atoms with van der Waals surface area (Å²) >= 11 is 7.50. The number of nitrogens with zero attached hydrogens (tertiary/aromatic N) is 4. The van der Waals surface area contributed by atoms with Gasteiger partial charge in [-0.3, -0.25) is 0 Å². The van der Waals surface area contributed by atoms with Crippen molar-refractivity contribution in [3.63, 3.8) is 0 Å². The summed E-state index contributed by atoms with van der Waals surface area (Å²) in [6.07, 6.45) is 0. The number of para-hydroxylation sites is 2. The van der Waals surface area contributed by atoms with E-state index in [0.717, 1.165) is 37.8 Å². The van der Waals surface area contributed by atoms with Crippen LogP contribution in [0.1, 0.15) is 0 Å². The number of fused-ring (bicyclic) bond motifs is 2. The van der Waals surface area contributed by atoms with Crippen molar-refractivity contribution in [2.75, 3.05) is 0 Å². The molecule has 0 unspecified atom stereocenters. The van der Waals surface area contributed by atoms with E-state index in [1.165, 1.54) is 23.5 Å². The lowest BCUT2D eigenvalue weighted by Gasteiger charge is -2.02. The summed E-state index contributed by atoms with van der Waals surface area (Å²) in [4.78, 5) is 13.7. The SMILES string of the molecule is Fc1ccc(-c2nc3sc(-c4ccc(Cl)cc4)nn3c2-c2nc3ccccc3[nH]2)cc1. The van der Waals surface area contributed by atoms with Crippen LogP contribution in [-0.2, 0) is 0 Å². The number of halogens is 2. The molecule has 0 aliphatic heterocycles. The molecular weight excluding hydrogens is 433 g/mol. The molecule has 0 saturated carbocycles. The number of rotatable bonds is 3. The Morgan fingerprint density at radius 3 is 2.39 bits per heavy atom. The minimum atomic E-state index is -0.293. The first-order chi connectivity index (χ1) is 15.2. The van der Waals surface area contributed by atoms with Crippen molar-refractivity contribution in [3.8, 4) is 33.3 Å². The van der Waals surface area contributed by atoms with Crippen LogP contribution < -0.4 is 0 Å². The van der Waals surface area contributed by atoms with Crippen molar-refractivity contribution in [2.45, 2.75) is 0 Å². The number of imidazole rings is 2. The highest BCUT2D eigenvalue weighted by Crippen LogP contribution is 2.36. The predicted octanol–water partition coefficient (Wildman–Crippen LogP) is 6.46. The summed E-state index contributed by atoms with van der Waals surface area (Å²) < 4.78 is 15.3. The Kier molecular flexibility index (Phi) is 4.12. The van der Waals surface area contributed by atoms with Gasteiger partial charge in [0, 0.05) is 16.1 Å². The van der Waals surface area contributed by atoms with Gasteiger partial charge in [0.25, 0.3) is 0 Å². The molecule has 0 bridgehead atoms. The average molecular weight is 446 g/mol. The fourth-order valence-electron chi connectivity index (χ4n) is 3.54. The second-order valence-corrected chi connectivity index (χ2v) is 8.42. The first-order valence-electron chi connectivity index (χ1n) is 9.52. The molecule has 31 heavy (non-hydrogen) atoms. The standard InChI is InChI=1S/C23H13ClFN5S/c24-15-9-5-14(6-10-15)22-29-30-20(21-26-17-3-1-2-4-18(17)27-21)19(28-23(30)31-22)13-7-11-16(25)12-8-13/h1-12H,(H,26,27). The number of aromatic amines is 1. The van der Waals surface area contributed by atoms with Crippen molar-refractivity contribution >= 4 is 38.9 Å². The molecule has 0 amide bonds. The van der Waals surface area contributed by atoms with Crippen LogP contribution in [0.5, 0.6) is 0 Å². The van der Waals surface area contributed by atoms with Gasteiger partial charge in [0.1, 0.15) is 22.2 Å². The van der Waals surface area contributed by atoms with Crippen LogP contribution >= 0.6 is 22.9 Å². The molecule has 3 heterocycles. The third-order valence-corrected chi connectivity index (χ3v) is 6.24. The van der Waals surface area contributed by atoms with Crippen LogP contribution in [-0.4, -0.2) is 24.6 Å². The van der Waals surface area contributed by atoms with E-state index < -0.39 is 0 Å². The lowest BCUT2D eigenvalue weighted by Crippen LogP contribution is -1.93. The quantitative estimate of drug-likeness (QED) is 0.340. The van der Waals surface area contributed by atoms with E-state index in [9.17, 15) is 4.39 Å². The van der Waals surface area contributed by atoms with E-state index >= 15 is 0 Å². The van der Waals surface area contributed by atoms with Gasteiger partial charge in [-0.05, 0) is 48.5 Å². The first-order valence-corrected chi connectivity index (χ1v) is 10.7. The summed E-state index contributed by atoms with van der Waals surface area (Å²) in [6.45, 7) is 0. The molecular formula is C23H13ClFN5S. The zero-order valence-corrected chi connectivity index (χ0v) is 17.5. The molecule has 0 spiro atoms. The van der Waals surface area contributed by atoms with E-state index in [-0.39, 0.29) is 5.82 Å². The normalized spacial score (nSPS) is 11.5. The summed E-state index contributed by atoms with van der Waals surface area (Å²) in [7, 11) is 0. The van der Waals surface area contributed by atoms with Crippen LogP contribution in [0.15, 0.2) is 72.8 Å². The molecule has 0 saturated heterocycles. The van der Waals surface area contributed by atoms with Gasteiger partial charge in [0.05, 0.1) is 11.0 Å². The molecule has 3 aromatic carbocycles. The van der Waals surface area contributed by atoms with E-state index in [2.05, 4.69) is 4.98 Å². The minimum absolute atomic E-state index is 0.293. The Balaban J connectivity index is 1.60. The van der Waals surface area contributed by atoms with Gasteiger partial charge in [-0.2, -0.15) is 9.61 Å². The van der Waals surface area contributed by atoms with Gasteiger partial charge < -0.3 is 4.98 Å². The predicted molar refractivity (Wildman–Crippen MR) is 122 cm³/mol. The Morgan fingerprint density at radius 1 is 0.871 bits per heavy atom. The topological polar surface area (TPSA) is 58.9 Å². The molecule has 6 rings (SSSR count). The number of aromatic nitrogens is 5. The van der Waals surface area contributed by atoms with Crippen molar-refractivity contribution < 1.29 is 4.39 Å². The van der Waals surface area contributed by atoms with Gasteiger partial charge in [0.2, 0.25) is 4.96 Å². The van der Waals surface area contributed by atoms with Crippen LogP contribution in [0.3, 0.4) is 0 Å². The maximum atomic E-state index is 13.5. The third kappa shape index (κ3) is 3.10. The number of hydrogen-bond acceptors (Lipinski definition) is 4. The molecule has 150 valence electrons. The molecule has 0 aliphatic carbocycles. The van der Waals surface area contributed by atoms with Crippen molar-refractivity contribution in [2.24, 2.45) is 0 Å². The highest BCUT2D eigenvalue weighted by atomic mass is 35.5. The van der Waals surface area contributed by atoms with E-state index in [4.69, 9.17) is 26.7 Å². The second kappa shape index (κ2) is 7.01. The lowest BCUT2D eigenvalue weighted by atomic mass is 10.1. The smallest absolute Gasteiger partial charge is 0.213 e. The van der Waals surface area contributed by atoms with Crippen LogP contribution in [0.2, 0.25) is 5.02 Å². The number of benzene rings is 3. The molecule has 0 radical (unpaired) electrons. The first kappa shape index (κ1) is 18.2. The van der Waals surface area contributed by atoms with Crippen LogP contribution in [0.4, 0.5) is 4.39 Å². The molecule has 3 aromatic heterocycles. The molecule has 0 aliphatic rings. The Bertz CT molecular complexity index is 1510.